The summed E-state index contributed by atoms with van der Waals surface area (Å²) < 4.78 is 0. The molecule has 0 spiro atoms. The van der Waals surface area contributed by atoms with Crippen LogP contribution in [-0.2, 0) is 4.79 Å². The minimum absolute atomic E-state index is 0.172. The number of urea groups is 1. The molecule has 0 aliphatic heterocycles. The zero-order valence-electron chi connectivity index (χ0n) is 9.81. The van der Waals surface area contributed by atoms with Gasteiger partial charge in [-0.25, -0.2) is 9.59 Å². The topological polar surface area (TPSA) is 78.4 Å². The fourth-order valence-electron chi connectivity index (χ4n) is 1.34. The Morgan fingerprint density at radius 1 is 1.18 bits per heavy atom. The molecule has 0 saturated carbocycles. The van der Waals surface area contributed by atoms with Crippen molar-refractivity contribution < 1.29 is 14.7 Å². The van der Waals surface area contributed by atoms with Gasteiger partial charge in [-0.3, -0.25) is 0 Å². The summed E-state index contributed by atoms with van der Waals surface area (Å²) in [5.74, 6) is -1.21. The van der Waals surface area contributed by atoms with E-state index in [0.717, 1.165) is 0 Å². The van der Waals surface area contributed by atoms with Crippen molar-refractivity contribution in [3.8, 4) is 0 Å². The lowest BCUT2D eigenvalue weighted by molar-refractivity contribution is -0.140. The van der Waals surface area contributed by atoms with E-state index in [1.54, 1.807) is 38.1 Å². The maximum absolute atomic E-state index is 11.5. The van der Waals surface area contributed by atoms with Crippen LogP contribution in [0.25, 0.3) is 0 Å². The molecule has 5 heteroatoms. The van der Waals surface area contributed by atoms with Crippen molar-refractivity contribution in [2.75, 3.05) is 5.32 Å². The van der Waals surface area contributed by atoms with Gasteiger partial charge in [0.2, 0.25) is 0 Å². The molecule has 0 bridgehead atoms. The molecule has 1 aromatic rings. The number of carboxylic acid groups (broad SMARTS) is 1. The van der Waals surface area contributed by atoms with Gasteiger partial charge in [0, 0.05) is 5.69 Å². The maximum atomic E-state index is 11.5. The van der Waals surface area contributed by atoms with Gasteiger partial charge in [-0.1, -0.05) is 32.0 Å². The number of hydrogen-bond donors (Lipinski definition) is 3. The summed E-state index contributed by atoms with van der Waals surface area (Å²) in [5, 5.41) is 13.9. The Kier molecular flexibility index (Phi) is 4.51. The average molecular weight is 236 g/mol. The van der Waals surface area contributed by atoms with E-state index in [-0.39, 0.29) is 5.92 Å². The number of para-hydroxylation sites is 1. The molecular weight excluding hydrogens is 220 g/mol. The number of carboxylic acids is 1. The molecule has 1 rings (SSSR count). The highest BCUT2D eigenvalue weighted by molar-refractivity contribution is 5.92. The summed E-state index contributed by atoms with van der Waals surface area (Å²) >= 11 is 0. The van der Waals surface area contributed by atoms with Crippen LogP contribution in [0.15, 0.2) is 30.3 Å². The van der Waals surface area contributed by atoms with Gasteiger partial charge in [-0.15, -0.1) is 0 Å². The number of nitrogens with one attached hydrogen (secondary N) is 2. The normalized spacial score (nSPS) is 11.9. The third kappa shape index (κ3) is 4.14. The van der Waals surface area contributed by atoms with Crippen molar-refractivity contribution in [3.05, 3.63) is 30.3 Å². The lowest BCUT2D eigenvalue weighted by Crippen LogP contribution is -2.46. The minimum atomic E-state index is -1.04. The van der Waals surface area contributed by atoms with Crippen LogP contribution in [0.1, 0.15) is 13.8 Å². The van der Waals surface area contributed by atoms with Crippen molar-refractivity contribution in [1.82, 2.24) is 5.32 Å². The predicted molar refractivity (Wildman–Crippen MR) is 64.9 cm³/mol. The molecular formula is C12H16N2O3. The summed E-state index contributed by atoms with van der Waals surface area (Å²) in [7, 11) is 0. The molecule has 17 heavy (non-hydrogen) atoms. The van der Waals surface area contributed by atoms with Gasteiger partial charge in [-0.2, -0.15) is 0 Å². The highest BCUT2D eigenvalue weighted by Gasteiger charge is 2.23. The first-order chi connectivity index (χ1) is 8.00. The Balaban J connectivity index is 2.57. The number of amides is 2. The summed E-state index contributed by atoms with van der Waals surface area (Å²) in [6, 6.07) is 7.45. The third-order valence-electron chi connectivity index (χ3n) is 2.25. The Hall–Kier alpha value is -2.04. The number of rotatable bonds is 4. The molecule has 0 fully saturated rings. The Morgan fingerprint density at radius 3 is 2.24 bits per heavy atom. The van der Waals surface area contributed by atoms with E-state index < -0.39 is 18.0 Å². The number of hydrogen-bond acceptors (Lipinski definition) is 2. The summed E-state index contributed by atoms with van der Waals surface area (Å²) in [5.41, 5.74) is 0.623. The minimum Gasteiger partial charge on any atom is -0.480 e. The molecule has 2 amide bonds. The summed E-state index contributed by atoms with van der Waals surface area (Å²) in [6.45, 7) is 3.48. The quantitative estimate of drug-likeness (QED) is 0.747. The number of aliphatic carboxylic acids is 1. The van der Waals surface area contributed by atoms with E-state index >= 15 is 0 Å². The van der Waals surface area contributed by atoms with E-state index in [9.17, 15) is 9.59 Å². The molecule has 0 unspecified atom stereocenters. The van der Waals surface area contributed by atoms with Crippen LogP contribution in [0, 0.1) is 5.92 Å². The van der Waals surface area contributed by atoms with Crippen molar-refractivity contribution in [2.45, 2.75) is 19.9 Å². The second-order valence-electron chi connectivity index (χ2n) is 4.02. The van der Waals surface area contributed by atoms with Crippen LogP contribution < -0.4 is 10.6 Å². The van der Waals surface area contributed by atoms with Crippen molar-refractivity contribution in [2.24, 2.45) is 5.92 Å². The fourth-order valence-corrected chi connectivity index (χ4v) is 1.34. The lowest BCUT2D eigenvalue weighted by Gasteiger charge is -2.18. The van der Waals surface area contributed by atoms with E-state index in [4.69, 9.17) is 5.11 Å². The number of carbonyl (C=O) groups is 2. The molecule has 1 atom stereocenters. The molecule has 5 nitrogen and oxygen atoms in total. The maximum Gasteiger partial charge on any atom is 0.326 e. The van der Waals surface area contributed by atoms with E-state index in [1.165, 1.54) is 0 Å². The van der Waals surface area contributed by atoms with Crippen LogP contribution in [0.2, 0.25) is 0 Å². The smallest absolute Gasteiger partial charge is 0.326 e. The van der Waals surface area contributed by atoms with E-state index in [2.05, 4.69) is 10.6 Å². The molecule has 0 heterocycles. The van der Waals surface area contributed by atoms with Crippen molar-refractivity contribution in [1.29, 1.82) is 0 Å². The largest absolute Gasteiger partial charge is 0.480 e. The zero-order chi connectivity index (χ0) is 12.8. The highest BCUT2D eigenvalue weighted by atomic mass is 16.4. The molecule has 1 aromatic carbocycles. The highest BCUT2D eigenvalue weighted by Crippen LogP contribution is 2.06. The first-order valence-corrected chi connectivity index (χ1v) is 5.36. The zero-order valence-corrected chi connectivity index (χ0v) is 9.81. The number of anilines is 1. The van der Waals surface area contributed by atoms with Gasteiger partial charge < -0.3 is 15.7 Å². The van der Waals surface area contributed by atoms with Crippen molar-refractivity contribution >= 4 is 17.7 Å². The number of benzene rings is 1. The standard InChI is InChI=1S/C12H16N2O3/c1-8(2)10(11(15)16)14-12(17)13-9-6-4-3-5-7-9/h3-8,10H,1-2H3,(H,15,16)(H2,13,14,17)/t10-/m0/s1. The number of carbonyl (C=O) groups excluding carboxylic acids is 1. The van der Waals surface area contributed by atoms with Gasteiger partial charge in [0.1, 0.15) is 6.04 Å². The summed E-state index contributed by atoms with van der Waals surface area (Å²) in [6.07, 6.45) is 0. The Labute approximate surface area is 99.8 Å². The lowest BCUT2D eigenvalue weighted by atomic mass is 10.1. The fraction of sp³-hybridized carbons (Fsp3) is 0.333. The van der Waals surface area contributed by atoms with Gasteiger partial charge in [0.25, 0.3) is 0 Å². The first kappa shape index (κ1) is 13.0. The van der Waals surface area contributed by atoms with Gasteiger partial charge in [-0.05, 0) is 18.1 Å². The second kappa shape index (κ2) is 5.89. The summed E-state index contributed by atoms with van der Waals surface area (Å²) in [4.78, 5) is 22.4. The molecule has 0 aliphatic carbocycles. The molecule has 0 saturated heterocycles. The van der Waals surface area contributed by atoms with E-state index in [1.807, 2.05) is 6.07 Å². The van der Waals surface area contributed by atoms with Crippen molar-refractivity contribution in [3.63, 3.8) is 0 Å². The molecule has 92 valence electrons. The van der Waals surface area contributed by atoms with Crippen LogP contribution >= 0.6 is 0 Å². The Morgan fingerprint density at radius 2 is 1.76 bits per heavy atom. The van der Waals surface area contributed by atoms with Crippen LogP contribution in [0.5, 0.6) is 0 Å². The predicted octanol–water partition coefficient (Wildman–Crippen LogP) is 1.92. The SMILES string of the molecule is CC(C)[C@H](NC(=O)Nc1ccccc1)C(=O)O. The van der Waals surface area contributed by atoms with Gasteiger partial charge >= 0.3 is 12.0 Å². The van der Waals surface area contributed by atoms with Crippen LogP contribution in [0.3, 0.4) is 0 Å². The van der Waals surface area contributed by atoms with E-state index in [0.29, 0.717) is 5.69 Å². The molecule has 0 aliphatic rings. The molecule has 0 radical (unpaired) electrons. The van der Waals surface area contributed by atoms with Crippen LogP contribution in [-0.4, -0.2) is 23.1 Å². The molecule has 3 N–H and O–H groups in total. The second-order valence-corrected chi connectivity index (χ2v) is 4.02. The Bertz CT molecular complexity index is 390. The first-order valence-electron chi connectivity index (χ1n) is 5.36. The third-order valence-corrected chi connectivity index (χ3v) is 2.25. The van der Waals surface area contributed by atoms with Crippen LogP contribution in [0.4, 0.5) is 10.5 Å². The monoisotopic (exact) mass is 236 g/mol. The average Bonchev–Trinajstić information content (AvgIpc) is 2.26. The van der Waals surface area contributed by atoms with Gasteiger partial charge in [0.05, 0.1) is 0 Å². The molecule has 0 aromatic heterocycles. The van der Waals surface area contributed by atoms with Gasteiger partial charge in [0.15, 0.2) is 0 Å².